The Kier molecular flexibility index (Phi) is 9.33. The number of hydrogen-bond acceptors (Lipinski definition) is 8. The summed E-state index contributed by atoms with van der Waals surface area (Å²) < 4.78 is 51.6. The second kappa shape index (κ2) is 13.3. The van der Waals surface area contributed by atoms with E-state index in [1.54, 1.807) is 36.7 Å². The molecule has 3 heterocycles. The number of carbonyl (C=O) groups is 1. The highest BCUT2D eigenvalue weighted by Crippen LogP contribution is 2.39. The lowest BCUT2D eigenvalue weighted by Crippen LogP contribution is -2.44. The van der Waals surface area contributed by atoms with Gasteiger partial charge in [-0.1, -0.05) is 24.3 Å². The zero-order chi connectivity index (χ0) is 31.3. The molecule has 2 aromatic heterocycles. The number of aryl methyl sites for hydroxylation is 1. The summed E-state index contributed by atoms with van der Waals surface area (Å²) in [6, 6.07) is 14.2. The second-order valence-electron chi connectivity index (χ2n) is 10.4. The number of carboxylic acid groups (broad SMARTS) is 1. The third-order valence-corrected chi connectivity index (χ3v) is 7.35. The molecule has 13 heteroatoms. The molecule has 0 spiro atoms. The van der Waals surface area contributed by atoms with Crippen LogP contribution in [0, 0.1) is 6.92 Å². The smallest absolute Gasteiger partial charge is 0.416 e. The quantitative estimate of drug-likeness (QED) is 0.180. The minimum Gasteiger partial charge on any atom is -0.465 e. The molecule has 0 radical (unpaired) electrons. The Morgan fingerprint density at radius 3 is 2.73 bits per heavy atom. The van der Waals surface area contributed by atoms with Crippen molar-refractivity contribution in [1.82, 2.24) is 19.9 Å². The average Bonchev–Trinajstić information content (AvgIpc) is 3.00. The Morgan fingerprint density at radius 2 is 1.95 bits per heavy atom. The van der Waals surface area contributed by atoms with E-state index in [0.717, 1.165) is 18.4 Å². The SMILES string of the molecule is CCOC(CNc1cccc2c(Oc3ncccc3-c3ccnc(NC4CCCN(C(=O)O)C4)n3)c(C)ccc12)C(F)(F)F. The number of rotatable bonds is 10. The maximum atomic E-state index is 13.4. The summed E-state index contributed by atoms with van der Waals surface area (Å²) in [7, 11) is 0. The Labute approximate surface area is 252 Å². The van der Waals surface area contributed by atoms with Crippen molar-refractivity contribution in [2.45, 2.75) is 45.0 Å². The van der Waals surface area contributed by atoms with Gasteiger partial charge in [-0.3, -0.25) is 0 Å². The van der Waals surface area contributed by atoms with Crippen LogP contribution in [-0.2, 0) is 4.74 Å². The number of ether oxygens (including phenoxy) is 2. The van der Waals surface area contributed by atoms with E-state index >= 15 is 0 Å². The summed E-state index contributed by atoms with van der Waals surface area (Å²) >= 11 is 0. The average molecular weight is 611 g/mol. The highest BCUT2D eigenvalue weighted by Gasteiger charge is 2.40. The molecule has 232 valence electrons. The number of aromatic nitrogens is 3. The lowest BCUT2D eigenvalue weighted by Gasteiger charge is -2.31. The number of alkyl halides is 3. The Morgan fingerprint density at radius 1 is 1.11 bits per heavy atom. The van der Waals surface area contributed by atoms with E-state index in [-0.39, 0.29) is 18.5 Å². The fraction of sp³-hybridized carbons (Fsp3) is 0.355. The molecule has 2 atom stereocenters. The number of hydrogen-bond donors (Lipinski definition) is 3. The summed E-state index contributed by atoms with van der Waals surface area (Å²) in [4.78, 5) is 26.3. The van der Waals surface area contributed by atoms with Gasteiger partial charge in [0.05, 0.1) is 17.8 Å². The van der Waals surface area contributed by atoms with Crippen LogP contribution in [0.15, 0.2) is 60.9 Å². The fourth-order valence-corrected chi connectivity index (χ4v) is 5.20. The lowest BCUT2D eigenvalue weighted by atomic mass is 10.0. The Bertz CT molecular complexity index is 1620. The van der Waals surface area contributed by atoms with Gasteiger partial charge in [0, 0.05) is 54.6 Å². The molecular weight excluding hydrogens is 577 g/mol. The molecule has 0 aliphatic carbocycles. The van der Waals surface area contributed by atoms with E-state index in [2.05, 4.69) is 25.6 Å². The third kappa shape index (κ3) is 7.10. The highest BCUT2D eigenvalue weighted by atomic mass is 19.4. The first-order chi connectivity index (χ1) is 21.1. The largest absolute Gasteiger partial charge is 0.465 e. The molecule has 1 fully saturated rings. The molecule has 4 aromatic rings. The van der Waals surface area contributed by atoms with Crippen LogP contribution >= 0.6 is 0 Å². The molecule has 0 saturated carbocycles. The van der Waals surface area contributed by atoms with Crippen LogP contribution in [-0.4, -0.2) is 75.6 Å². The zero-order valence-electron chi connectivity index (χ0n) is 24.3. The zero-order valence-corrected chi connectivity index (χ0v) is 24.3. The normalized spacial score (nSPS) is 16.0. The van der Waals surface area contributed by atoms with Crippen LogP contribution in [0.3, 0.4) is 0 Å². The lowest BCUT2D eigenvalue weighted by molar-refractivity contribution is -0.214. The number of pyridine rings is 1. The topological polar surface area (TPSA) is 122 Å². The Hall–Kier alpha value is -4.65. The number of benzene rings is 2. The molecule has 10 nitrogen and oxygen atoms in total. The highest BCUT2D eigenvalue weighted by molar-refractivity contribution is 5.98. The van der Waals surface area contributed by atoms with Gasteiger partial charge in [0.15, 0.2) is 6.10 Å². The van der Waals surface area contributed by atoms with Crippen molar-refractivity contribution in [3.8, 4) is 22.9 Å². The van der Waals surface area contributed by atoms with E-state index in [0.29, 0.717) is 52.5 Å². The number of fused-ring (bicyclic) bond motifs is 1. The van der Waals surface area contributed by atoms with Crippen LogP contribution in [0.25, 0.3) is 22.0 Å². The summed E-state index contributed by atoms with van der Waals surface area (Å²) in [6.45, 7) is 3.74. The van der Waals surface area contributed by atoms with E-state index in [1.807, 2.05) is 31.2 Å². The van der Waals surface area contributed by atoms with Gasteiger partial charge >= 0.3 is 12.3 Å². The molecule has 2 unspecified atom stereocenters. The monoisotopic (exact) mass is 610 g/mol. The number of likely N-dealkylation sites (tertiary alicyclic amines) is 1. The molecule has 1 aliphatic rings. The van der Waals surface area contributed by atoms with Crippen LogP contribution in [0.1, 0.15) is 25.3 Å². The first-order valence-corrected chi connectivity index (χ1v) is 14.3. The molecule has 0 bridgehead atoms. The minimum atomic E-state index is -4.50. The van der Waals surface area contributed by atoms with Gasteiger partial charge in [0.2, 0.25) is 11.8 Å². The first-order valence-electron chi connectivity index (χ1n) is 14.3. The van der Waals surface area contributed by atoms with Crippen LogP contribution in [0.2, 0.25) is 0 Å². The first kappa shape index (κ1) is 30.8. The van der Waals surface area contributed by atoms with E-state index in [1.165, 1.54) is 11.8 Å². The standard InChI is InChI=1S/C31H33F3N6O4/c1-3-43-26(31(32,33)34)17-37-24-10-4-8-22-21(24)12-11-19(2)27(22)44-28-23(9-5-14-35-28)25-13-15-36-29(39-25)38-20-7-6-16-40(18-20)30(41)42/h4-5,8-15,20,26,37H,3,6-7,16-18H2,1-2H3,(H,41,42)(H,36,38,39). The number of nitrogens with one attached hydrogen (secondary N) is 2. The van der Waals surface area contributed by atoms with Crippen molar-refractivity contribution in [3.05, 3.63) is 66.5 Å². The minimum absolute atomic E-state index is 0.0568. The summed E-state index contributed by atoms with van der Waals surface area (Å²) in [5.74, 6) is 1.15. The molecule has 1 amide bonds. The Balaban J connectivity index is 1.41. The maximum absolute atomic E-state index is 13.4. The van der Waals surface area contributed by atoms with Gasteiger partial charge < -0.3 is 30.1 Å². The van der Waals surface area contributed by atoms with Crippen molar-refractivity contribution in [1.29, 1.82) is 0 Å². The predicted molar refractivity (Wildman–Crippen MR) is 160 cm³/mol. The van der Waals surface area contributed by atoms with Crippen LogP contribution in [0.5, 0.6) is 11.6 Å². The summed E-state index contributed by atoms with van der Waals surface area (Å²) in [5, 5.41) is 16.9. The third-order valence-electron chi connectivity index (χ3n) is 7.35. The summed E-state index contributed by atoms with van der Waals surface area (Å²) in [5.41, 5.74) is 2.47. The van der Waals surface area contributed by atoms with Gasteiger partial charge in [-0.05, 0) is 56.5 Å². The molecular formula is C31H33F3N6O4. The van der Waals surface area contributed by atoms with Gasteiger partial charge in [0.1, 0.15) is 5.75 Å². The maximum Gasteiger partial charge on any atom is 0.416 e. The van der Waals surface area contributed by atoms with Gasteiger partial charge in [-0.25, -0.2) is 19.7 Å². The fourth-order valence-electron chi connectivity index (χ4n) is 5.20. The van der Waals surface area contributed by atoms with Crippen molar-refractivity contribution >= 4 is 28.5 Å². The summed E-state index contributed by atoms with van der Waals surface area (Å²) in [6.07, 6.45) is -2.66. The van der Waals surface area contributed by atoms with Gasteiger partial charge in [-0.15, -0.1) is 0 Å². The molecule has 44 heavy (non-hydrogen) atoms. The van der Waals surface area contributed by atoms with Crippen molar-refractivity contribution in [2.75, 3.05) is 36.9 Å². The van der Waals surface area contributed by atoms with Crippen LogP contribution < -0.4 is 15.4 Å². The molecule has 1 aliphatic heterocycles. The van der Waals surface area contributed by atoms with Gasteiger partial charge in [0.25, 0.3) is 0 Å². The van der Waals surface area contributed by atoms with Gasteiger partial charge in [-0.2, -0.15) is 13.2 Å². The van der Waals surface area contributed by atoms with Crippen LogP contribution in [0.4, 0.5) is 29.6 Å². The predicted octanol–water partition coefficient (Wildman–Crippen LogP) is 6.73. The van der Waals surface area contributed by atoms with E-state index in [9.17, 15) is 23.1 Å². The van der Waals surface area contributed by atoms with E-state index < -0.39 is 24.9 Å². The molecule has 2 aromatic carbocycles. The molecule has 3 N–H and O–H groups in total. The number of amides is 1. The number of halogens is 3. The number of nitrogens with zero attached hydrogens (tertiary/aromatic N) is 4. The van der Waals surface area contributed by atoms with Crippen molar-refractivity contribution < 1.29 is 32.5 Å². The molecule has 1 saturated heterocycles. The molecule has 5 rings (SSSR count). The van der Waals surface area contributed by atoms with E-state index in [4.69, 9.17) is 9.47 Å². The van der Waals surface area contributed by atoms with Crippen molar-refractivity contribution in [3.63, 3.8) is 0 Å². The second-order valence-corrected chi connectivity index (χ2v) is 10.4. The van der Waals surface area contributed by atoms with Crippen molar-refractivity contribution in [2.24, 2.45) is 0 Å². The number of piperidine rings is 1. The number of anilines is 2.